The van der Waals surface area contributed by atoms with Gasteiger partial charge in [0.1, 0.15) is 22.9 Å². The van der Waals surface area contributed by atoms with Crippen LogP contribution in [0.15, 0.2) is 23.0 Å². The SMILES string of the molecule is COC(=O)C[C@H]1[C@]2(C)C[C@@]34OC5(C)OC6(C(OC(C)=O)[C@@]3(OC(C)=O)[C@H]2OC(C)=O)C2CC(=O)O[C@@H](c3ccoc3)[C@]2(C)CCC6(O5)[C@]14C. The zero-order valence-corrected chi connectivity index (χ0v) is 28.9. The first-order valence-electron chi connectivity index (χ1n) is 16.8. The quantitative estimate of drug-likeness (QED) is 0.315. The van der Waals surface area contributed by atoms with E-state index in [1.807, 2.05) is 20.8 Å². The van der Waals surface area contributed by atoms with Gasteiger partial charge < -0.3 is 42.3 Å². The van der Waals surface area contributed by atoms with Crippen molar-refractivity contribution in [2.45, 2.75) is 127 Å². The number of hydrogen-bond acceptors (Lipinski definition) is 14. The molecule has 1 aromatic rings. The predicted molar refractivity (Wildman–Crippen MR) is 159 cm³/mol. The summed E-state index contributed by atoms with van der Waals surface area (Å²) in [5.41, 5.74) is -9.35. The van der Waals surface area contributed by atoms with Gasteiger partial charge in [-0.05, 0) is 31.2 Å². The molecule has 0 N–H and O–H groups in total. The molecule has 4 bridgehead atoms. The molecule has 3 saturated heterocycles. The Labute approximate surface area is 282 Å². The van der Waals surface area contributed by atoms with Crippen molar-refractivity contribution in [3.63, 3.8) is 0 Å². The maximum atomic E-state index is 13.8. The molecule has 0 radical (unpaired) electrons. The van der Waals surface area contributed by atoms with Gasteiger partial charge in [-0.3, -0.25) is 24.0 Å². The van der Waals surface area contributed by atoms with Crippen molar-refractivity contribution in [1.82, 2.24) is 0 Å². The molecule has 1 aromatic heterocycles. The third-order valence-corrected chi connectivity index (χ3v) is 13.8. The standard InChI is InChI=1S/C35H42O14/c1-17(36)43-26-29(5)16-33-30(6,21(29)13-23(39)41-8)32-11-10-28(4)22(14-24(40)45-25(28)20-9-12-42-15-20)34(32,49-31(7,47-32)48-33)27(44-18(2)37)35(26,33)46-19(3)38/h9,12,15,21-22,25-27H,10-11,13-14,16H2,1-8H3/t21-,22?,25-,26-,27?,28+,29-,30-,31?,32?,33-,34?,35-/m0/s1. The molecular weight excluding hydrogens is 644 g/mol. The fourth-order valence-corrected chi connectivity index (χ4v) is 12.8. The van der Waals surface area contributed by atoms with Crippen molar-refractivity contribution in [2.75, 3.05) is 7.11 Å². The molecule has 7 aliphatic rings. The summed E-state index contributed by atoms with van der Waals surface area (Å²) in [5, 5.41) is 0. The largest absolute Gasteiger partial charge is 0.472 e. The third kappa shape index (κ3) is 3.33. The molecular formula is C35H42O14. The number of ether oxygens (including phenoxy) is 8. The van der Waals surface area contributed by atoms with Crippen molar-refractivity contribution in [2.24, 2.45) is 28.1 Å². The number of cyclic esters (lactones) is 1. The van der Waals surface area contributed by atoms with E-state index >= 15 is 0 Å². The second-order valence-electron chi connectivity index (χ2n) is 15.9. The second-order valence-corrected chi connectivity index (χ2v) is 15.9. The van der Waals surface area contributed by atoms with E-state index in [9.17, 15) is 24.0 Å². The number of carbonyl (C=O) groups is 5. The van der Waals surface area contributed by atoms with Crippen LogP contribution in [-0.4, -0.2) is 77.5 Å². The summed E-state index contributed by atoms with van der Waals surface area (Å²) in [4.78, 5) is 67.1. The number of rotatable bonds is 6. The molecule has 14 heteroatoms. The highest BCUT2D eigenvalue weighted by Crippen LogP contribution is 2.90. The van der Waals surface area contributed by atoms with E-state index in [0.717, 1.165) is 0 Å². The lowest BCUT2D eigenvalue weighted by atomic mass is 9.33. The first-order valence-corrected chi connectivity index (χ1v) is 16.8. The summed E-state index contributed by atoms with van der Waals surface area (Å²) in [6.07, 6.45) is -0.00265. The topological polar surface area (TPSA) is 172 Å². The number of carbonyl (C=O) groups excluding carboxylic acids is 5. The lowest BCUT2D eigenvalue weighted by Gasteiger charge is -2.77. The number of hydrogen-bond donors (Lipinski definition) is 0. The van der Waals surface area contributed by atoms with Crippen molar-refractivity contribution in [3.05, 3.63) is 24.2 Å². The van der Waals surface area contributed by atoms with Gasteiger partial charge in [-0.1, -0.05) is 20.8 Å². The second kappa shape index (κ2) is 9.43. The van der Waals surface area contributed by atoms with E-state index in [4.69, 9.17) is 42.3 Å². The zero-order chi connectivity index (χ0) is 35.4. The Bertz CT molecular complexity index is 1690. The highest BCUT2D eigenvalue weighted by atomic mass is 16.9. The van der Waals surface area contributed by atoms with Crippen molar-refractivity contribution < 1.29 is 66.3 Å². The van der Waals surface area contributed by atoms with Crippen LogP contribution in [0.25, 0.3) is 0 Å². The highest BCUT2D eigenvalue weighted by molar-refractivity contribution is 5.75. The van der Waals surface area contributed by atoms with Gasteiger partial charge in [0.15, 0.2) is 12.2 Å². The molecule has 13 atom stereocenters. The van der Waals surface area contributed by atoms with Gasteiger partial charge in [0, 0.05) is 61.8 Å². The Morgan fingerprint density at radius 1 is 0.878 bits per heavy atom. The monoisotopic (exact) mass is 686 g/mol. The molecule has 4 saturated carbocycles. The molecule has 3 aliphatic heterocycles. The number of methoxy groups -OCH3 is 1. The van der Waals surface area contributed by atoms with E-state index < -0.39 is 105 Å². The van der Waals surface area contributed by atoms with Crippen LogP contribution in [0, 0.1) is 28.1 Å². The van der Waals surface area contributed by atoms with Gasteiger partial charge in [-0.2, -0.15) is 0 Å². The molecule has 0 aromatic carbocycles. The van der Waals surface area contributed by atoms with Crippen LogP contribution in [0.2, 0.25) is 0 Å². The van der Waals surface area contributed by atoms with Gasteiger partial charge in [-0.25, -0.2) is 0 Å². The Kier molecular flexibility index (Phi) is 6.30. The van der Waals surface area contributed by atoms with E-state index in [2.05, 4.69) is 0 Å². The lowest BCUT2D eigenvalue weighted by Crippen LogP contribution is -2.94. The molecule has 4 aliphatic carbocycles. The van der Waals surface area contributed by atoms with Crippen LogP contribution < -0.4 is 0 Å². The van der Waals surface area contributed by atoms with Crippen LogP contribution in [-0.2, 0) is 61.9 Å². The molecule has 4 heterocycles. The minimum Gasteiger partial charge on any atom is -0.472 e. The summed E-state index contributed by atoms with van der Waals surface area (Å²) in [6, 6.07) is 1.73. The fraction of sp³-hybridized carbons (Fsp3) is 0.743. The van der Waals surface area contributed by atoms with Gasteiger partial charge >= 0.3 is 29.8 Å². The molecule has 266 valence electrons. The van der Waals surface area contributed by atoms with Crippen molar-refractivity contribution in [1.29, 1.82) is 0 Å². The molecule has 8 rings (SSSR count). The summed E-state index contributed by atoms with van der Waals surface area (Å²) in [7, 11) is 1.30. The van der Waals surface area contributed by atoms with Crippen molar-refractivity contribution >= 4 is 29.8 Å². The number of furan rings is 1. The first-order chi connectivity index (χ1) is 22.9. The Hall–Kier alpha value is -3.49. The Balaban J connectivity index is 1.50. The maximum absolute atomic E-state index is 13.8. The summed E-state index contributed by atoms with van der Waals surface area (Å²) in [6.45, 7) is 11.1. The molecule has 0 amide bonds. The summed E-state index contributed by atoms with van der Waals surface area (Å²) in [5.74, 6) is -6.47. The minimum absolute atomic E-state index is 0.125. The smallest absolute Gasteiger partial charge is 0.306 e. The average molecular weight is 687 g/mol. The van der Waals surface area contributed by atoms with Crippen LogP contribution >= 0.6 is 0 Å². The van der Waals surface area contributed by atoms with Crippen LogP contribution in [0.5, 0.6) is 0 Å². The van der Waals surface area contributed by atoms with E-state index in [1.54, 1.807) is 13.0 Å². The molecule has 49 heavy (non-hydrogen) atoms. The molecule has 2 spiro atoms. The Morgan fingerprint density at radius 3 is 2.16 bits per heavy atom. The van der Waals surface area contributed by atoms with Gasteiger partial charge in [0.05, 0.1) is 26.1 Å². The van der Waals surface area contributed by atoms with Gasteiger partial charge in [0.2, 0.25) is 5.60 Å². The van der Waals surface area contributed by atoms with E-state index in [1.165, 1.54) is 40.4 Å². The lowest BCUT2D eigenvalue weighted by molar-refractivity contribution is -0.477. The first kappa shape index (κ1) is 32.7. The minimum atomic E-state index is -2.01. The summed E-state index contributed by atoms with van der Waals surface area (Å²) >= 11 is 0. The number of esters is 5. The van der Waals surface area contributed by atoms with Gasteiger partial charge in [0.25, 0.3) is 5.97 Å². The molecule has 7 fully saturated rings. The fourth-order valence-electron chi connectivity index (χ4n) is 12.8. The predicted octanol–water partition coefficient (Wildman–Crippen LogP) is 3.44. The van der Waals surface area contributed by atoms with Crippen LogP contribution in [0.3, 0.4) is 0 Å². The highest BCUT2D eigenvalue weighted by Gasteiger charge is 3.05. The van der Waals surface area contributed by atoms with E-state index in [-0.39, 0.29) is 19.3 Å². The molecule has 14 nitrogen and oxygen atoms in total. The van der Waals surface area contributed by atoms with Crippen LogP contribution in [0.1, 0.15) is 92.2 Å². The van der Waals surface area contributed by atoms with Gasteiger partial charge in [-0.15, -0.1) is 0 Å². The normalized spacial score (nSPS) is 50.9. The maximum Gasteiger partial charge on any atom is 0.306 e. The Morgan fingerprint density at radius 2 is 1.55 bits per heavy atom. The average Bonchev–Trinajstić information content (AvgIpc) is 3.70. The third-order valence-electron chi connectivity index (χ3n) is 13.8. The van der Waals surface area contributed by atoms with Crippen molar-refractivity contribution in [3.8, 4) is 0 Å². The van der Waals surface area contributed by atoms with E-state index in [0.29, 0.717) is 18.4 Å². The molecule has 5 unspecified atom stereocenters. The zero-order valence-electron chi connectivity index (χ0n) is 28.9. The van der Waals surface area contributed by atoms with Crippen LogP contribution in [0.4, 0.5) is 0 Å². The number of fused-ring (bicyclic) bond motifs is 3. The summed E-state index contributed by atoms with van der Waals surface area (Å²) < 4.78 is 57.3.